The van der Waals surface area contributed by atoms with Crippen molar-refractivity contribution in [3.8, 4) is 0 Å². The number of carbonyl (C=O) groups is 1. The van der Waals surface area contributed by atoms with E-state index in [0.717, 1.165) is 29.4 Å². The Bertz CT molecular complexity index is 754. The van der Waals surface area contributed by atoms with Gasteiger partial charge in [-0.3, -0.25) is 0 Å². The van der Waals surface area contributed by atoms with Gasteiger partial charge < -0.3 is 15.1 Å². The van der Waals surface area contributed by atoms with E-state index in [1.54, 1.807) is 0 Å². The van der Waals surface area contributed by atoms with Crippen molar-refractivity contribution >= 4 is 23.3 Å². The molecule has 1 saturated heterocycles. The molecule has 132 valence electrons. The van der Waals surface area contributed by atoms with Gasteiger partial charge in [-0.1, -0.05) is 47.5 Å². The topological polar surface area (TPSA) is 35.6 Å². The number of aryl methyl sites for hydroxylation is 2. The van der Waals surface area contributed by atoms with E-state index < -0.39 is 0 Å². The number of urea groups is 1. The molecule has 25 heavy (non-hydrogen) atoms. The van der Waals surface area contributed by atoms with Crippen LogP contribution in [-0.2, 0) is 6.54 Å². The van der Waals surface area contributed by atoms with Crippen LogP contribution in [0, 0.1) is 13.8 Å². The second kappa shape index (κ2) is 7.79. The zero-order valence-electron chi connectivity index (χ0n) is 14.8. The Kier molecular flexibility index (Phi) is 5.49. The molecule has 2 aromatic carbocycles. The molecule has 1 aliphatic heterocycles. The quantitative estimate of drug-likeness (QED) is 0.901. The molecule has 0 spiro atoms. The minimum absolute atomic E-state index is 0.00368. The fraction of sp³-hybridized carbons (Fsp3) is 0.350. The van der Waals surface area contributed by atoms with Gasteiger partial charge in [0.1, 0.15) is 0 Å². The summed E-state index contributed by atoms with van der Waals surface area (Å²) in [5.41, 5.74) is 4.70. The highest BCUT2D eigenvalue weighted by atomic mass is 35.5. The number of carbonyl (C=O) groups excluding carboxylic acids is 1. The SMILES string of the molecule is Cc1cccc(CNC(=O)N2CCN(c3cc(Cl)ccc3C)CC2)c1. The summed E-state index contributed by atoms with van der Waals surface area (Å²) in [5, 5.41) is 3.77. The van der Waals surface area contributed by atoms with Crippen LogP contribution in [-0.4, -0.2) is 37.1 Å². The van der Waals surface area contributed by atoms with E-state index in [2.05, 4.69) is 36.2 Å². The first-order chi connectivity index (χ1) is 12.0. The maximum Gasteiger partial charge on any atom is 0.317 e. The first kappa shape index (κ1) is 17.6. The molecule has 0 atom stereocenters. The minimum Gasteiger partial charge on any atom is -0.368 e. The van der Waals surface area contributed by atoms with Crippen molar-refractivity contribution in [2.75, 3.05) is 31.1 Å². The largest absolute Gasteiger partial charge is 0.368 e. The Labute approximate surface area is 154 Å². The Hall–Kier alpha value is -2.20. The van der Waals surface area contributed by atoms with Gasteiger partial charge in [0.2, 0.25) is 0 Å². The molecule has 1 aliphatic rings. The van der Waals surface area contributed by atoms with Crippen LogP contribution in [0.1, 0.15) is 16.7 Å². The van der Waals surface area contributed by atoms with Gasteiger partial charge in [-0.2, -0.15) is 0 Å². The predicted molar refractivity (Wildman–Crippen MR) is 103 cm³/mol. The fourth-order valence-electron chi connectivity index (χ4n) is 3.19. The first-order valence-corrected chi connectivity index (χ1v) is 9.00. The van der Waals surface area contributed by atoms with Crippen molar-refractivity contribution < 1.29 is 4.79 Å². The maximum atomic E-state index is 12.4. The third-order valence-corrected chi connectivity index (χ3v) is 4.84. The number of halogens is 1. The number of anilines is 1. The molecular formula is C20H24ClN3O. The fourth-order valence-corrected chi connectivity index (χ4v) is 3.35. The molecule has 0 saturated carbocycles. The third-order valence-electron chi connectivity index (χ3n) is 4.60. The van der Waals surface area contributed by atoms with Crippen LogP contribution in [0.3, 0.4) is 0 Å². The second-order valence-electron chi connectivity index (χ2n) is 6.55. The summed E-state index contributed by atoms with van der Waals surface area (Å²) >= 11 is 6.12. The van der Waals surface area contributed by atoms with Crippen LogP contribution in [0.15, 0.2) is 42.5 Å². The molecule has 2 amide bonds. The van der Waals surface area contributed by atoms with E-state index in [0.29, 0.717) is 19.6 Å². The van der Waals surface area contributed by atoms with Crippen molar-refractivity contribution in [3.63, 3.8) is 0 Å². The molecule has 0 radical (unpaired) electrons. The highest BCUT2D eigenvalue weighted by molar-refractivity contribution is 6.30. The molecule has 4 nitrogen and oxygen atoms in total. The highest BCUT2D eigenvalue weighted by Crippen LogP contribution is 2.25. The Morgan fingerprint density at radius 3 is 2.56 bits per heavy atom. The number of nitrogens with one attached hydrogen (secondary N) is 1. The molecule has 1 heterocycles. The average Bonchev–Trinajstić information content (AvgIpc) is 2.62. The number of rotatable bonds is 3. The average molecular weight is 358 g/mol. The van der Waals surface area contributed by atoms with Gasteiger partial charge >= 0.3 is 6.03 Å². The summed E-state index contributed by atoms with van der Waals surface area (Å²) in [6, 6.07) is 14.2. The normalized spacial score (nSPS) is 14.5. The van der Waals surface area contributed by atoms with Crippen LogP contribution in [0.5, 0.6) is 0 Å². The summed E-state index contributed by atoms with van der Waals surface area (Å²) in [4.78, 5) is 16.6. The van der Waals surface area contributed by atoms with E-state index in [-0.39, 0.29) is 6.03 Å². The summed E-state index contributed by atoms with van der Waals surface area (Å²) in [5.74, 6) is 0. The van der Waals surface area contributed by atoms with Crippen LogP contribution >= 0.6 is 11.6 Å². The highest BCUT2D eigenvalue weighted by Gasteiger charge is 2.22. The van der Waals surface area contributed by atoms with E-state index in [1.807, 2.05) is 35.2 Å². The number of hydrogen-bond donors (Lipinski definition) is 1. The summed E-state index contributed by atoms with van der Waals surface area (Å²) < 4.78 is 0. The molecule has 5 heteroatoms. The van der Waals surface area contributed by atoms with Gasteiger partial charge in [-0.25, -0.2) is 4.79 Å². The molecule has 1 N–H and O–H groups in total. The van der Waals surface area contributed by atoms with Crippen molar-refractivity contribution in [2.45, 2.75) is 20.4 Å². The molecular weight excluding hydrogens is 334 g/mol. The molecule has 1 fully saturated rings. The number of piperazine rings is 1. The van der Waals surface area contributed by atoms with Gasteiger partial charge in [0, 0.05) is 43.4 Å². The smallest absolute Gasteiger partial charge is 0.317 e. The maximum absolute atomic E-state index is 12.4. The van der Waals surface area contributed by atoms with Gasteiger partial charge in [-0.15, -0.1) is 0 Å². The molecule has 0 aliphatic carbocycles. The van der Waals surface area contributed by atoms with Crippen LogP contribution in [0.2, 0.25) is 5.02 Å². The second-order valence-corrected chi connectivity index (χ2v) is 6.99. The lowest BCUT2D eigenvalue weighted by molar-refractivity contribution is 0.194. The van der Waals surface area contributed by atoms with Crippen molar-refractivity contribution in [3.05, 3.63) is 64.2 Å². The molecule has 0 bridgehead atoms. The lowest BCUT2D eigenvalue weighted by Gasteiger charge is -2.36. The zero-order valence-corrected chi connectivity index (χ0v) is 15.5. The summed E-state index contributed by atoms with van der Waals surface area (Å²) in [6.07, 6.45) is 0. The van der Waals surface area contributed by atoms with Crippen LogP contribution in [0.4, 0.5) is 10.5 Å². The first-order valence-electron chi connectivity index (χ1n) is 8.62. The van der Waals surface area contributed by atoms with Gasteiger partial charge in [0.25, 0.3) is 0 Å². The van der Waals surface area contributed by atoms with Crippen molar-refractivity contribution in [1.29, 1.82) is 0 Å². The van der Waals surface area contributed by atoms with Crippen molar-refractivity contribution in [2.24, 2.45) is 0 Å². The van der Waals surface area contributed by atoms with Gasteiger partial charge in [0.15, 0.2) is 0 Å². The summed E-state index contributed by atoms with van der Waals surface area (Å²) in [7, 11) is 0. The Morgan fingerprint density at radius 2 is 1.84 bits per heavy atom. The molecule has 0 aromatic heterocycles. The zero-order chi connectivity index (χ0) is 17.8. The van der Waals surface area contributed by atoms with E-state index in [9.17, 15) is 4.79 Å². The van der Waals surface area contributed by atoms with Crippen LogP contribution < -0.4 is 10.2 Å². The molecule has 2 aromatic rings. The number of benzene rings is 2. The van der Waals surface area contributed by atoms with Crippen LogP contribution in [0.25, 0.3) is 0 Å². The van der Waals surface area contributed by atoms with E-state index >= 15 is 0 Å². The lowest BCUT2D eigenvalue weighted by atomic mass is 10.1. The minimum atomic E-state index is 0.00368. The van der Waals surface area contributed by atoms with E-state index in [1.165, 1.54) is 11.1 Å². The monoisotopic (exact) mass is 357 g/mol. The molecule has 3 rings (SSSR count). The summed E-state index contributed by atoms with van der Waals surface area (Å²) in [6.45, 7) is 7.78. The number of hydrogen-bond acceptors (Lipinski definition) is 2. The van der Waals surface area contributed by atoms with E-state index in [4.69, 9.17) is 11.6 Å². The lowest BCUT2D eigenvalue weighted by Crippen LogP contribution is -2.51. The Balaban J connectivity index is 1.53. The van der Waals surface area contributed by atoms with Crippen molar-refractivity contribution in [1.82, 2.24) is 10.2 Å². The number of nitrogens with zero attached hydrogens (tertiary/aromatic N) is 2. The number of amides is 2. The van der Waals surface area contributed by atoms with Gasteiger partial charge in [-0.05, 0) is 37.1 Å². The standard InChI is InChI=1S/C20H24ClN3O/c1-15-4-3-5-17(12-15)14-22-20(25)24-10-8-23(9-11-24)19-13-18(21)7-6-16(19)2/h3-7,12-13H,8-11,14H2,1-2H3,(H,22,25). The third kappa shape index (κ3) is 4.45. The Morgan fingerprint density at radius 1 is 1.08 bits per heavy atom. The van der Waals surface area contributed by atoms with Gasteiger partial charge in [0.05, 0.1) is 0 Å². The predicted octanol–water partition coefficient (Wildman–Crippen LogP) is 3.99. The molecule has 0 unspecified atom stereocenters.